The van der Waals surface area contributed by atoms with Crippen LogP contribution in [0.4, 0.5) is 22.7 Å². The third kappa shape index (κ3) is 3.69. The highest BCUT2D eigenvalue weighted by atomic mass is 16.5. The van der Waals surface area contributed by atoms with E-state index in [0.29, 0.717) is 17.5 Å². The van der Waals surface area contributed by atoms with E-state index in [2.05, 4.69) is 46.2 Å². The maximum absolute atomic E-state index is 12.1. The number of hydrogen-bond donors (Lipinski definition) is 2. The second kappa shape index (κ2) is 8.08. The van der Waals surface area contributed by atoms with Gasteiger partial charge in [-0.15, -0.1) is 0 Å². The van der Waals surface area contributed by atoms with Gasteiger partial charge in [-0.25, -0.2) is 4.52 Å². The van der Waals surface area contributed by atoms with Crippen molar-refractivity contribution in [3.8, 4) is 5.75 Å². The number of hydrogen-bond acceptors (Lipinski definition) is 6. The van der Waals surface area contributed by atoms with Gasteiger partial charge in [0.15, 0.2) is 0 Å². The molecule has 30 heavy (non-hydrogen) atoms. The van der Waals surface area contributed by atoms with Gasteiger partial charge in [0.2, 0.25) is 5.91 Å². The van der Waals surface area contributed by atoms with Crippen LogP contribution >= 0.6 is 0 Å². The Hall–Kier alpha value is -3.52. The molecule has 1 aromatic carbocycles. The predicted molar refractivity (Wildman–Crippen MR) is 120 cm³/mol. The van der Waals surface area contributed by atoms with Crippen LogP contribution in [0.3, 0.4) is 0 Å². The Kier molecular flexibility index (Phi) is 5.33. The van der Waals surface area contributed by atoms with Crippen molar-refractivity contribution < 1.29 is 9.53 Å². The van der Waals surface area contributed by atoms with Crippen LogP contribution in [0.25, 0.3) is 5.52 Å². The molecule has 1 fully saturated rings. The number of aromatic nitrogens is 2. The van der Waals surface area contributed by atoms with Gasteiger partial charge in [-0.05, 0) is 44.4 Å². The van der Waals surface area contributed by atoms with Gasteiger partial charge in [-0.1, -0.05) is 6.58 Å². The zero-order valence-corrected chi connectivity index (χ0v) is 17.4. The van der Waals surface area contributed by atoms with E-state index < -0.39 is 0 Å². The van der Waals surface area contributed by atoms with Gasteiger partial charge in [0.1, 0.15) is 5.75 Å². The van der Waals surface area contributed by atoms with Crippen LogP contribution in [0.15, 0.2) is 55.4 Å². The van der Waals surface area contributed by atoms with E-state index in [-0.39, 0.29) is 5.91 Å². The molecule has 0 radical (unpaired) electrons. The van der Waals surface area contributed by atoms with Gasteiger partial charge in [0.05, 0.1) is 41.6 Å². The topological polar surface area (TPSA) is 74.1 Å². The molecule has 0 unspecified atom stereocenters. The van der Waals surface area contributed by atoms with E-state index in [9.17, 15) is 4.79 Å². The Morgan fingerprint density at radius 3 is 2.77 bits per heavy atom. The largest absolute Gasteiger partial charge is 0.494 e. The lowest BCUT2D eigenvalue weighted by atomic mass is 10.0. The lowest BCUT2D eigenvalue weighted by molar-refractivity contribution is -0.111. The number of anilines is 4. The number of fused-ring (bicyclic) bond motifs is 1. The summed E-state index contributed by atoms with van der Waals surface area (Å²) in [5.74, 6) is 0.436. The summed E-state index contributed by atoms with van der Waals surface area (Å²) in [5.41, 5.74) is 4.21. The van der Waals surface area contributed by atoms with Crippen molar-refractivity contribution in [2.24, 2.45) is 0 Å². The third-order valence-corrected chi connectivity index (χ3v) is 5.40. The first-order chi connectivity index (χ1) is 14.5. The molecule has 0 aliphatic carbocycles. The first-order valence-electron chi connectivity index (χ1n) is 9.76. The highest BCUT2D eigenvalue weighted by molar-refractivity contribution is 6.02. The van der Waals surface area contributed by atoms with Crippen LogP contribution in [-0.2, 0) is 4.79 Å². The Morgan fingerprint density at radius 2 is 2.07 bits per heavy atom. The summed E-state index contributed by atoms with van der Waals surface area (Å²) in [4.78, 5) is 16.5. The van der Waals surface area contributed by atoms with Crippen LogP contribution < -0.4 is 20.3 Å². The molecule has 8 nitrogen and oxygen atoms in total. The number of rotatable bonds is 7. The van der Waals surface area contributed by atoms with Gasteiger partial charge in [-0.2, -0.15) is 5.10 Å². The summed E-state index contributed by atoms with van der Waals surface area (Å²) in [6, 6.07) is 10.2. The van der Waals surface area contributed by atoms with E-state index in [1.807, 2.05) is 36.5 Å². The summed E-state index contributed by atoms with van der Waals surface area (Å²) in [6.07, 6.45) is 4.91. The molecule has 1 aliphatic heterocycles. The zero-order valence-electron chi connectivity index (χ0n) is 17.4. The van der Waals surface area contributed by atoms with E-state index in [1.165, 1.54) is 6.08 Å². The van der Waals surface area contributed by atoms with Crippen molar-refractivity contribution in [1.82, 2.24) is 14.5 Å². The number of carbonyl (C=O) groups is 1. The van der Waals surface area contributed by atoms with E-state index >= 15 is 0 Å². The fourth-order valence-electron chi connectivity index (χ4n) is 3.56. The molecule has 3 heterocycles. The number of nitrogens with one attached hydrogen (secondary N) is 2. The summed E-state index contributed by atoms with van der Waals surface area (Å²) < 4.78 is 7.47. The second-order valence-corrected chi connectivity index (χ2v) is 7.49. The number of amides is 1. The van der Waals surface area contributed by atoms with Crippen molar-refractivity contribution in [2.45, 2.75) is 6.04 Å². The predicted octanol–water partition coefficient (Wildman–Crippen LogP) is 2.96. The molecule has 0 atom stereocenters. The number of pyridine rings is 1. The van der Waals surface area contributed by atoms with Gasteiger partial charge in [0.25, 0.3) is 0 Å². The first-order valence-corrected chi connectivity index (χ1v) is 9.76. The molecule has 0 saturated carbocycles. The number of likely N-dealkylation sites (N-methyl/N-ethyl adjacent to an activating group) is 1. The lowest BCUT2D eigenvalue weighted by Crippen LogP contribution is -2.57. The minimum atomic E-state index is -0.255. The molecule has 4 rings (SSSR count). The summed E-state index contributed by atoms with van der Waals surface area (Å²) in [5, 5.41) is 10.6. The van der Waals surface area contributed by atoms with Crippen molar-refractivity contribution >= 4 is 34.2 Å². The van der Waals surface area contributed by atoms with Crippen molar-refractivity contribution in [1.29, 1.82) is 0 Å². The van der Waals surface area contributed by atoms with E-state index in [4.69, 9.17) is 4.74 Å². The second-order valence-electron chi connectivity index (χ2n) is 7.49. The zero-order chi connectivity index (χ0) is 21.3. The maximum atomic E-state index is 12.1. The molecule has 156 valence electrons. The molecule has 1 saturated heterocycles. The summed E-state index contributed by atoms with van der Waals surface area (Å²) >= 11 is 0. The fourth-order valence-corrected chi connectivity index (χ4v) is 3.56. The molecule has 2 N–H and O–H groups in total. The van der Waals surface area contributed by atoms with Gasteiger partial charge < -0.3 is 25.2 Å². The first kappa shape index (κ1) is 19.8. The third-order valence-electron chi connectivity index (χ3n) is 5.40. The van der Waals surface area contributed by atoms with Crippen molar-refractivity contribution in [3.05, 3.63) is 55.4 Å². The molecule has 8 heteroatoms. The highest BCUT2D eigenvalue weighted by Crippen LogP contribution is 2.40. The minimum Gasteiger partial charge on any atom is -0.494 e. The number of nitrogens with zero attached hydrogens (tertiary/aromatic N) is 4. The van der Waals surface area contributed by atoms with Gasteiger partial charge in [0, 0.05) is 31.4 Å². The average Bonchev–Trinajstić information content (AvgIpc) is 3.17. The molecular weight excluding hydrogens is 380 g/mol. The molecule has 1 amide bonds. The van der Waals surface area contributed by atoms with E-state index in [1.54, 1.807) is 17.8 Å². The van der Waals surface area contributed by atoms with Crippen LogP contribution in [0, 0.1) is 0 Å². The number of ether oxygens (including phenoxy) is 1. The SMILES string of the molecule is C=CC(=O)Nc1cc(Nc2cccn3nccc23)c(OC)cc1N1CC(N(C)C)C1. The Bertz CT molecular complexity index is 1080. The molecule has 0 spiro atoms. The average molecular weight is 406 g/mol. The quantitative estimate of drug-likeness (QED) is 0.588. The van der Waals surface area contributed by atoms with E-state index in [0.717, 1.165) is 35.7 Å². The van der Waals surface area contributed by atoms with Crippen LogP contribution in [0.5, 0.6) is 5.75 Å². The molecule has 0 bridgehead atoms. The smallest absolute Gasteiger partial charge is 0.247 e. The number of methoxy groups -OCH3 is 1. The standard InChI is InChI=1S/C22H26N6O2/c1-5-22(29)25-17-11-18(24-16-7-6-10-28-19(16)8-9-23-28)21(30-4)12-20(17)27-13-15(14-27)26(2)3/h5-12,15,24H,1,13-14H2,2-4H3,(H,25,29). The summed E-state index contributed by atoms with van der Waals surface area (Å²) in [7, 11) is 5.80. The molecule has 1 aliphatic rings. The maximum Gasteiger partial charge on any atom is 0.247 e. The number of benzene rings is 1. The van der Waals surface area contributed by atoms with Crippen LogP contribution in [0.1, 0.15) is 0 Å². The van der Waals surface area contributed by atoms with Crippen LogP contribution in [-0.4, -0.2) is 60.8 Å². The van der Waals surface area contributed by atoms with Crippen molar-refractivity contribution in [3.63, 3.8) is 0 Å². The van der Waals surface area contributed by atoms with Gasteiger partial charge >= 0.3 is 0 Å². The molecular formula is C22H26N6O2. The van der Waals surface area contributed by atoms with Gasteiger partial charge in [-0.3, -0.25) is 4.79 Å². The van der Waals surface area contributed by atoms with Crippen molar-refractivity contribution in [2.75, 3.05) is 49.8 Å². The highest BCUT2D eigenvalue weighted by Gasteiger charge is 2.31. The Balaban J connectivity index is 1.71. The fraction of sp³-hybridized carbons (Fsp3) is 0.273. The Morgan fingerprint density at radius 1 is 1.27 bits per heavy atom. The minimum absolute atomic E-state index is 0.255. The molecule has 3 aromatic rings. The monoisotopic (exact) mass is 406 g/mol. The Labute approximate surface area is 175 Å². The summed E-state index contributed by atoms with van der Waals surface area (Å²) in [6.45, 7) is 5.34. The molecule has 2 aromatic heterocycles. The van der Waals surface area contributed by atoms with Crippen LogP contribution in [0.2, 0.25) is 0 Å². The number of carbonyl (C=O) groups excluding carboxylic acids is 1. The normalized spacial score (nSPS) is 13.9. The lowest BCUT2D eigenvalue weighted by Gasteiger charge is -2.45.